The minimum absolute atomic E-state index is 0.0190. The van der Waals surface area contributed by atoms with Crippen molar-refractivity contribution in [2.75, 3.05) is 13.7 Å². The van der Waals surface area contributed by atoms with Crippen LogP contribution < -0.4 is 0 Å². The first kappa shape index (κ1) is 15.5. The van der Waals surface area contributed by atoms with Gasteiger partial charge in [0.2, 0.25) is 0 Å². The molecule has 0 aliphatic rings. The van der Waals surface area contributed by atoms with Gasteiger partial charge in [-0.05, 0) is 11.2 Å². The van der Waals surface area contributed by atoms with Gasteiger partial charge in [0.1, 0.15) is 6.73 Å². The summed E-state index contributed by atoms with van der Waals surface area (Å²) in [6, 6.07) is 1.01. The smallest absolute Gasteiger partial charge is 0.358 e. The van der Waals surface area contributed by atoms with E-state index >= 15 is 0 Å². The van der Waals surface area contributed by atoms with E-state index in [0.717, 1.165) is 6.04 Å². The standard InChI is InChI=1S/C11H19N3O4Si/c1-17-11(15)10-9(13-16)7-12-14(10)8-18-5-6-19(2,3)4/h7H,5-6,8H2,1-4H3. The van der Waals surface area contributed by atoms with Gasteiger partial charge in [0.15, 0.2) is 11.4 Å². The zero-order valence-electron chi connectivity index (χ0n) is 11.7. The van der Waals surface area contributed by atoms with Crippen LogP contribution in [0.5, 0.6) is 0 Å². The topological polar surface area (TPSA) is 82.8 Å². The number of aromatic nitrogens is 2. The highest BCUT2D eigenvalue weighted by Gasteiger charge is 2.20. The van der Waals surface area contributed by atoms with Crippen LogP contribution in [-0.4, -0.2) is 37.5 Å². The van der Waals surface area contributed by atoms with E-state index in [1.165, 1.54) is 18.0 Å². The summed E-state index contributed by atoms with van der Waals surface area (Å²) in [5.74, 6) is -0.652. The average molecular weight is 285 g/mol. The molecular formula is C11H19N3O4Si. The monoisotopic (exact) mass is 285 g/mol. The largest absolute Gasteiger partial charge is 0.464 e. The molecule has 0 amide bonds. The van der Waals surface area contributed by atoms with Crippen LogP contribution in [0.4, 0.5) is 5.69 Å². The van der Waals surface area contributed by atoms with Gasteiger partial charge in [0.25, 0.3) is 0 Å². The fourth-order valence-electron chi connectivity index (χ4n) is 1.38. The maximum absolute atomic E-state index is 11.5. The Bertz CT molecular complexity index is 453. The number of hydrogen-bond donors (Lipinski definition) is 0. The first-order valence-corrected chi connectivity index (χ1v) is 9.65. The lowest BCUT2D eigenvalue weighted by molar-refractivity contribution is 0.0519. The summed E-state index contributed by atoms with van der Waals surface area (Å²) in [6.45, 7) is 7.44. The molecule has 0 aliphatic carbocycles. The van der Waals surface area contributed by atoms with Gasteiger partial charge in [-0.2, -0.15) is 5.10 Å². The molecule has 8 heteroatoms. The number of nitrogens with zero attached hydrogens (tertiary/aromatic N) is 3. The highest BCUT2D eigenvalue weighted by atomic mass is 28.3. The van der Waals surface area contributed by atoms with Gasteiger partial charge in [-0.25, -0.2) is 9.48 Å². The third-order valence-corrected chi connectivity index (χ3v) is 4.21. The van der Waals surface area contributed by atoms with Gasteiger partial charge in [0.05, 0.1) is 13.3 Å². The molecule has 0 bridgehead atoms. The number of nitroso groups, excluding NO2 is 1. The summed E-state index contributed by atoms with van der Waals surface area (Å²) in [5.41, 5.74) is -0.0221. The van der Waals surface area contributed by atoms with Gasteiger partial charge < -0.3 is 9.47 Å². The zero-order chi connectivity index (χ0) is 14.5. The van der Waals surface area contributed by atoms with E-state index in [1.807, 2.05) is 0 Å². The Labute approximate surface area is 112 Å². The highest BCUT2D eigenvalue weighted by Crippen LogP contribution is 2.19. The second kappa shape index (κ2) is 6.57. The highest BCUT2D eigenvalue weighted by molar-refractivity contribution is 6.76. The summed E-state index contributed by atoms with van der Waals surface area (Å²) in [6.07, 6.45) is 1.22. The summed E-state index contributed by atoms with van der Waals surface area (Å²) in [7, 11) is 0.0822. The molecule has 1 rings (SSSR count). The van der Waals surface area contributed by atoms with Crippen LogP contribution in [0.2, 0.25) is 25.7 Å². The van der Waals surface area contributed by atoms with Crippen molar-refractivity contribution in [3.8, 4) is 0 Å². The maximum atomic E-state index is 11.5. The molecule has 0 aromatic carbocycles. The molecule has 0 fully saturated rings. The van der Waals surface area contributed by atoms with Crippen LogP contribution in [0.1, 0.15) is 10.5 Å². The molecule has 0 saturated carbocycles. The van der Waals surface area contributed by atoms with Gasteiger partial charge >= 0.3 is 5.97 Å². The van der Waals surface area contributed by atoms with E-state index in [-0.39, 0.29) is 18.1 Å². The number of ether oxygens (including phenoxy) is 2. The van der Waals surface area contributed by atoms with Crippen LogP contribution in [-0.2, 0) is 16.2 Å². The van der Waals surface area contributed by atoms with E-state index < -0.39 is 14.0 Å². The Morgan fingerprint density at radius 1 is 1.47 bits per heavy atom. The van der Waals surface area contributed by atoms with Crippen molar-refractivity contribution in [2.24, 2.45) is 5.18 Å². The third kappa shape index (κ3) is 4.56. The quantitative estimate of drug-likeness (QED) is 0.332. The lowest BCUT2D eigenvalue weighted by Gasteiger charge is -2.15. The number of carbonyl (C=O) groups is 1. The Balaban J connectivity index is 2.66. The van der Waals surface area contributed by atoms with Crippen LogP contribution >= 0.6 is 0 Å². The molecule has 0 spiro atoms. The Morgan fingerprint density at radius 3 is 2.68 bits per heavy atom. The molecule has 0 aliphatic heterocycles. The van der Waals surface area contributed by atoms with Crippen molar-refractivity contribution in [2.45, 2.75) is 32.4 Å². The second-order valence-electron chi connectivity index (χ2n) is 5.31. The van der Waals surface area contributed by atoms with E-state index in [1.54, 1.807) is 0 Å². The van der Waals surface area contributed by atoms with E-state index in [0.29, 0.717) is 6.61 Å². The fraction of sp³-hybridized carbons (Fsp3) is 0.636. The number of methoxy groups -OCH3 is 1. The first-order valence-electron chi connectivity index (χ1n) is 5.94. The fourth-order valence-corrected chi connectivity index (χ4v) is 2.13. The van der Waals surface area contributed by atoms with Crippen molar-refractivity contribution in [1.29, 1.82) is 0 Å². The van der Waals surface area contributed by atoms with Gasteiger partial charge in [0, 0.05) is 14.7 Å². The Morgan fingerprint density at radius 2 is 2.16 bits per heavy atom. The molecule has 7 nitrogen and oxygen atoms in total. The van der Waals surface area contributed by atoms with Gasteiger partial charge in [-0.3, -0.25) is 0 Å². The van der Waals surface area contributed by atoms with E-state index in [4.69, 9.17) is 4.74 Å². The van der Waals surface area contributed by atoms with Crippen LogP contribution in [0.15, 0.2) is 11.4 Å². The summed E-state index contributed by atoms with van der Waals surface area (Å²) in [5, 5.41) is 6.64. The lowest BCUT2D eigenvalue weighted by atomic mass is 10.4. The Hall–Kier alpha value is -1.54. The SMILES string of the molecule is COC(=O)c1c(N=O)cnn1COCC[Si](C)(C)C. The van der Waals surface area contributed by atoms with Crippen molar-refractivity contribution in [3.63, 3.8) is 0 Å². The van der Waals surface area contributed by atoms with E-state index in [9.17, 15) is 9.70 Å². The molecule has 0 N–H and O–H groups in total. The second-order valence-corrected chi connectivity index (χ2v) is 10.9. The van der Waals surface area contributed by atoms with Crippen molar-refractivity contribution in [3.05, 3.63) is 16.8 Å². The molecule has 106 valence electrons. The minimum Gasteiger partial charge on any atom is -0.464 e. The average Bonchev–Trinajstić information content (AvgIpc) is 2.75. The molecular weight excluding hydrogens is 266 g/mol. The number of rotatable bonds is 7. The molecule has 0 saturated heterocycles. The van der Waals surface area contributed by atoms with Crippen LogP contribution in [0.3, 0.4) is 0 Å². The first-order chi connectivity index (χ1) is 8.89. The van der Waals surface area contributed by atoms with Crippen molar-refractivity contribution >= 4 is 19.7 Å². The summed E-state index contributed by atoms with van der Waals surface area (Å²) >= 11 is 0. The molecule has 0 atom stereocenters. The summed E-state index contributed by atoms with van der Waals surface area (Å²) < 4.78 is 11.3. The maximum Gasteiger partial charge on any atom is 0.358 e. The lowest BCUT2D eigenvalue weighted by Crippen LogP contribution is -2.22. The molecule has 0 unspecified atom stereocenters. The molecule has 0 radical (unpaired) electrons. The summed E-state index contributed by atoms with van der Waals surface area (Å²) in [4.78, 5) is 22.1. The zero-order valence-corrected chi connectivity index (χ0v) is 12.7. The predicted molar refractivity (Wildman–Crippen MR) is 73.1 cm³/mol. The van der Waals surface area contributed by atoms with Crippen LogP contribution in [0, 0.1) is 4.91 Å². The minimum atomic E-state index is -1.15. The van der Waals surface area contributed by atoms with Crippen LogP contribution in [0.25, 0.3) is 0 Å². The normalized spacial score (nSPS) is 11.4. The molecule has 1 heterocycles. The predicted octanol–water partition coefficient (Wildman–Crippen LogP) is 2.38. The van der Waals surface area contributed by atoms with Crippen molar-refractivity contribution < 1.29 is 14.3 Å². The Kier molecular flexibility index (Phi) is 5.37. The van der Waals surface area contributed by atoms with E-state index in [2.05, 4.69) is 34.7 Å². The number of carbonyl (C=O) groups excluding carboxylic acids is 1. The number of hydrogen-bond acceptors (Lipinski definition) is 6. The molecule has 1 aromatic rings. The van der Waals surface area contributed by atoms with Gasteiger partial charge in [-0.15, -0.1) is 4.91 Å². The van der Waals surface area contributed by atoms with Gasteiger partial charge in [-0.1, -0.05) is 19.6 Å². The van der Waals surface area contributed by atoms with Crippen molar-refractivity contribution in [1.82, 2.24) is 9.78 Å². The molecule has 19 heavy (non-hydrogen) atoms. The third-order valence-electron chi connectivity index (χ3n) is 2.51. The molecule has 1 aromatic heterocycles. The number of esters is 1.